The molecule has 3 N–H and O–H groups in total. The van der Waals surface area contributed by atoms with Crippen molar-refractivity contribution in [1.29, 1.82) is 0 Å². The SMILES string of the molecule is CNc1ccc([N+](=O)[O-])cc1CN1CC(O)C(O)C1. The van der Waals surface area contributed by atoms with Crippen LogP contribution in [0.4, 0.5) is 11.4 Å². The van der Waals surface area contributed by atoms with Crippen LogP contribution in [0.25, 0.3) is 0 Å². The highest BCUT2D eigenvalue weighted by Crippen LogP contribution is 2.24. The first-order valence-corrected chi connectivity index (χ1v) is 6.05. The van der Waals surface area contributed by atoms with Gasteiger partial charge in [0.05, 0.1) is 17.1 Å². The summed E-state index contributed by atoms with van der Waals surface area (Å²) in [6, 6.07) is 4.63. The van der Waals surface area contributed by atoms with Crippen LogP contribution in [0.15, 0.2) is 18.2 Å². The van der Waals surface area contributed by atoms with Crippen molar-refractivity contribution < 1.29 is 15.1 Å². The highest BCUT2D eigenvalue weighted by atomic mass is 16.6. The van der Waals surface area contributed by atoms with Crippen molar-refractivity contribution in [3.63, 3.8) is 0 Å². The molecule has 1 aromatic rings. The van der Waals surface area contributed by atoms with E-state index < -0.39 is 17.1 Å². The highest BCUT2D eigenvalue weighted by Gasteiger charge is 2.29. The molecule has 0 bridgehead atoms. The molecule has 1 fully saturated rings. The molecule has 0 saturated carbocycles. The van der Waals surface area contributed by atoms with Crippen molar-refractivity contribution in [2.75, 3.05) is 25.5 Å². The molecule has 0 aliphatic carbocycles. The molecule has 7 heteroatoms. The molecule has 2 rings (SSSR count). The zero-order valence-corrected chi connectivity index (χ0v) is 10.6. The second-order valence-electron chi connectivity index (χ2n) is 4.68. The van der Waals surface area contributed by atoms with Crippen LogP contribution in [0.2, 0.25) is 0 Å². The lowest BCUT2D eigenvalue weighted by molar-refractivity contribution is -0.384. The smallest absolute Gasteiger partial charge is 0.269 e. The van der Waals surface area contributed by atoms with Gasteiger partial charge >= 0.3 is 0 Å². The van der Waals surface area contributed by atoms with Crippen molar-refractivity contribution in [2.45, 2.75) is 18.8 Å². The molecule has 2 atom stereocenters. The molecule has 104 valence electrons. The zero-order valence-electron chi connectivity index (χ0n) is 10.6. The fourth-order valence-electron chi connectivity index (χ4n) is 2.29. The van der Waals surface area contributed by atoms with Gasteiger partial charge in [0.15, 0.2) is 0 Å². The number of aliphatic hydroxyl groups excluding tert-OH is 2. The maximum Gasteiger partial charge on any atom is 0.269 e. The van der Waals surface area contributed by atoms with Crippen molar-refractivity contribution in [1.82, 2.24) is 4.90 Å². The van der Waals surface area contributed by atoms with Crippen LogP contribution in [0.5, 0.6) is 0 Å². The normalized spacial score (nSPS) is 23.5. The number of nitrogens with one attached hydrogen (secondary N) is 1. The van der Waals surface area contributed by atoms with E-state index in [1.807, 2.05) is 4.90 Å². The van der Waals surface area contributed by atoms with E-state index in [4.69, 9.17) is 0 Å². The quantitative estimate of drug-likeness (QED) is 0.531. The Kier molecular flexibility index (Phi) is 3.98. The van der Waals surface area contributed by atoms with E-state index in [0.29, 0.717) is 19.6 Å². The number of β-amino-alcohol motifs (C(OH)–C–C–N with tert-alkyl or cyclic N) is 2. The lowest BCUT2D eigenvalue weighted by Crippen LogP contribution is -2.22. The Hall–Kier alpha value is -1.70. The number of hydrogen-bond acceptors (Lipinski definition) is 6. The Morgan fingerprint density at radius 1 is 1.42 bits per heavy atom. The number of nitro groups is 1. The highest BCUT2D eigenvalue weighted by molar-refractivity contribution is 5.55. The number of nitro benzene ring substituents is 1. The maximum atomic E-state index is 10.8. The average Bonchev–Trinajstić information content (AvgIpc) is 2.68. The Bertz CT molecular complexity index is 470. The molecule has 0 spiro atoms. The van der Waals surface area contributed by atoms with Crippen molar-refractivity contribution in [3.05, 3.63) is 33.9 Å². The molecule has 0 amide bonds. The van der Waals surface area contributed by atoms with Gasteiger partial charge in [-0.1, -0.05) is 0 Å². The second kappa shape index (κ2) is 5.52. The summed E-state index contributed by atoms with van der Waals surface area (Å²) in [5, 5.41) is 32.8. The summed E-state index contributed by atoms with van der Waals surface area (Å²) >= 11 is 0. The summed E-state index contributed by atoms with van der Waals surface area (Å²) < 4.78 is 0. The molecule has 1 heterocycles. The molecular formula is C12H17N3O4. The first-order chi connectivity index (χ1) is 9.01. The molecule has 2 unspecified atom stereocenters. The lowest BCUT2D eigenvalue weighted by Gasteiger charge is -2.17. The van der Waals surface area contributed by atoms with Gasteiger partial charge in [0.2, 0.25) is 0 Å². The van der Waals surface area contributed by atoms with Crippen molar-refractivity contribution in [2.24, 2.45) is 0 Å². The fourth-order valence-corrected chi connectivity index (χ4v) is 2.29. The van der Waals surface area contributed by atoms with Crippen LogP contribution >= 0.6 is 0 Å². The third-order valence-corrected chi connectivity index (χ3v) is 3.30. The molecule has 1 aliphatic rings. The first-order valence-electron chi connectivity index (χ1n) is 6.05. The predicted molar refractivity (Wildman–Crippen MR) is 69.9 cm³/mol. The second-order valence-corrected chi connectivity index (χ2v) is 4.68. The first kappa shape index (κ1) is 13.7. The van der Waals surface area contributed by atoms with Gasteiger partial charge in [0.1, 0.15) is 0 Å². The zero-order chi connectivity index (χ0) is 14.0. The standard InChI is InChI=1S/C12H17N3O4/c1-13-10-3-2-9(15(18)19)4-8(10)5-14-6-11(16)12(17)7-14/h2-4,11-13,16-17H,5-7H2,1H3. The lowest BCUT2D eigenvalue weighted by atomic mass is 10.1. The van der Waals surface area contributed by atoms with Gasteiger partial charge in [-0.3, -0.25) is 15.0 Å². The Labute approximate surface area is 110 Å². The van der Waals surface area contributed by atoms with E-state index in [9.17, 15) is 20.3 Å². The number of nitrogens with zero attached hydrogens (tertiary/aromatic N) is 2. The van der Waals surface area contributed by atoms with E-state index in [-0.39, 0.29) is 5.69 Å². The molecule has 7 nitrogen and oxygen atoms in total. The Balaban J connectivity index is 2.18. The minimum absolute atomic E-state index is 0.0364. The van der Waals surface area contributed by atoms with Gasteiger partial charge in [-0.15, -0.1) is 0 Å². The van der Waals surface area contributed by atoms with E-state index in [1.54, 1.807) is 13.1 Å². The van der Waals surface area contributed by atoms with Gasteiger partial charge < -0.3 is 15.5 Å². The Morgan fingerprint density at radius 2 is 2.05 bits per heavy atom. The van der Waals surface area contributed by atoms with Crippen LogP contribution in [0, 0.1) is 10.1 Å². The summed E-state index contributed by atoms with van der Waals surface area (Å²) in [5.41, 5.74) is 1.62. The van der Waals surface area contributed by atoms with Crippen LogP contribution < -0.4 is 5.32 Å². The van der Waals surface area contributed by atoms with Crippen molar-refractivity contribution >= 4 is 11.4 Å². The third kappa shape index (κ3) is 3.01. The van der Waals surface area contributed by atoms with E-state index in [1.165, 1.54) is 12.1 Å². The molecule has 19 heavy (non-hydrogen) atoms. The average molecular weight is 267 g/mol. The summed E-state index contributed by atoms with van der Waals surface area (Å²) in [4.78, 5) is 12.2. The van der Waals surface area contributed by atoms with Gasteiger partial charge in [0, 0.05) is 44.5 Å². The third-order valence-electron chi connectivity index (χ3n) is 3.30. The van der Waals surface area contributed by atoms with Gasteiger partial charge in [-0.2, -0.15) is 0 Å². The van der Waals surface area contributed by atoms with Gasteiger partial charge in [-0.25, -0.2) is 0 Å². The molecule has 1 aromatic carbocycles. The molecular weight excluding hydrogens is 250 g/mol. The van der Waals surface area contributed by atoms with Gasteiger partial charge in [0.25, 0.3) is 5.69 Å². The number of aliphatic hydroxyl groups is 2. The number of anilines is 1. The minimum atomic E-state index is -0.753. The predicted octanol–water partition coefficient (Wildman–Crippen LogP) is 0.174. The molecule has 1 saturated heterocycles. The maximum absolute atomic E-state index is 10.8. The molecule has 1 aliphatic heterocycles. The van der Waals surface area contributed by atoms with Crippen LogP contribution in [-0.2, 0) is 6.54 Å². The van der Waals surface area contributed by atoms with Crippen LogP contribution in [0.3, 0.4) is 0 Å². The summed E-state index contributed by atoms with van der Waals surface area (Å²) in [6.45, 7) is 1.19. The van der Waals surface area contributed by atoms with Gasteiger partial charge in [-0.05, 0) is 11.6 Å². The van der Waals surface area contributed by atoms with Crippen molar-refractivity contribution in [3.8, 4) is 0 Å². The Morgan fingerprint density at radius 3 is 2.58 bits per heavy atom. The molecule has 0 radical (unpaired) electrons. The number of benzene rings is 1. The summed E-state index contributed by atoms with van der Waals surface area (Å²) in [6.07, 6.45) is -1.51. The van der Waals surface area contributed by atoms with Crippen LogP contribution in [0.1, 0.15) is 5.56 Å². The topological polar surface area (TPSA) is 98.9 Å². The van der Waals surface area contributed by atoms with E-state index in [2.05, 4.69) is 5.32 Å². The minimum Gasteiger partial charge on any atom is -0.389 e. The van der Waals surface area contributed by atoms with E-state index in [0.717, 1.165) is 11.3 Å². The van der Waals surface area contributed by atoms with E-state index >= 15 is 0 Å². The number of likely N-dealkylation sites (tertiary alicyclic amines) is 1. The number of hydrogen-bond donors (Lipinski definition) is 3. The monoisotopic (exact) mass is 267 g/mol. The van der Waals surface area contributed by atoms with Crippen LogP contribution in [-0.4, -0.2) is 52.4 Å². The number of rotatable bonds is 4. The summed E-state index contributed by atoms with van der Waals surface area (Å²) in [7, 11) is 1.75. The number of non-ortho nitro benzene ring substituents is 1. The summed E-state index contributed by atoms with van der Waals surface area (Å²) in [5.74, 6) is 0. The fraction of sp³-hybridized carbons (Fsp3) is 0.500. The molecule has 0 aromatic heterocycles. The largest absolute Gasteiger partial charge is 0.389 e.